The van der Waals surface area contributed by atoms with E-state index >= 15 is 0 Å². The van der Waals surface area contributed by atoms with Gasteiger partial charge in [-0.25, -0.2) is 9.59 Å². The van der Waals surface area contributed by atoms with Gasteiger partial charge in [-0.2, -0.15) is 5.10 Å². The molecule has 1 atom stereocenters. The number of amides is 1. The number of ether oxygens (including phenoxy) is 1. The van der Waals surface area contributed by atoms with E-state index in [4.69, 9.17) is 4.74 Å². The molecule has 0 bridgehead atoms. The van der Waals surface area contributed by atoms with Crippen LogP contribution in [0.15, 0.2) is 6.20 Å². The molecule has 2 aliphatic rings. The molecule has 1 saturated carbocycles. The molecule has 3 rings (SSSR count). The average molecular weight is 293 g/mol. The van der Waals surface area contributed by atoms with Gasteiger partial charge in [-0.05, 0) is 33.6 Å². The molecule has 1 aromatic rings. The lowest BCUT2D eigenvalue weighted by atomic mass is 10.1. The SMILES string of the molecule is CC(C)(C)OC(=O)N1Cc2nn(C3CC3)cc2C1C(=O)O. The predicted octanol–water partition coefficient (Wildman–Crippen LogP) is 2.09. The molecule has 1 unspecified atom stereocenters. The summed E-state index contributed by atoms with van der Waals surface area (Å²) in [4.78, 5) is 25.0. The number of nitrogens with zero attached hydrogens (tertiary/aromatic N) is 3. The second-order valence-corrected chi connectivity index (χ2v) is 6.59. The minimum absolute atomic E-state index is 0.181. The van der Waals surface area contributed by atoms with Crippen LogP contribution in [0.3, 0.4) is 0 Å². The molecule has 1 aromatic heterocycles. The zero-order chi connectivity index (χ0) is 15.4. The molecule has 1 amide bonds. The maximum Gasteiger partial charge on any atom is 0.411 e. The minimum atomic E-state index is -1.06. The van der Waals surface area contributed by atoms with Crippen LogP contribution in [0.5, 0.6) is 0 Å². The summed E-state index contributed by atoms with van der Waals surface area (Å²) in [5.41, 5.74) is 0.592. The van der Waals surface area contributed by atoms with Crippen LogP contribution in [0, 0.1) is 0 Å². The molecule has 2 heterocycles. The van der Waals surface area contributed by atoms with E-state index < -0.39 is 23.7 Å². The fraction of sp³-hybridized carbons (Fsp3) is 0.643. The second kappa shape index (κ2) is 4.47. The van der Waals surface area contributed by atoms with E-state index in [1.165, 1.54) is 4.90 Å². The largest absolute Gasteiger partial charge is 0.479 e. The van der Waals surface area contributed by atoms with Crippen LogP contribution < -0.4 is 0 Å². The van der Waals surface area contributed by atoms with Crippen LogP contribution in [0.25, 0.3) is 0 Å². The zero-order valence-corrected chi connectivity index (χ0v) is 12.4. The number of carbonyl (C=O) groups excluding carboxylic acids is 1. The number of rotatable bonds is 2. The molecule has 21 heavy (non-hydrogen) atoms. The lowest BCUT2D eigenvalue weighted by Crippen LogP contribution is -2.38. The first-order chi connectivity index (χ1) is 9.76. The smallest absolute Gasteiger partial charge is 0.411 e. The van der Waals surface area contributed by atoms with Crippen molar-refractivity contribution in [1.29, 1.82) is 0 Å². The monoisotopic (exact) mass is 293 g/mol. The van der Waals surface area contributed by atoms with Gasteiger partial charge < -0.3 is 9.84 Å². The van der Waals surface area contributed by atoms with Crippen molar-refractivity contribution in [2.24, 2.45) is 0 Å². The molecule has 1 N–H and O–H groups in total. The van der Waals surface area contributed by atoms with Crippen molar-refractivity contribution in [3.63, 3.8) is 0 Å². The third kappa shape index (κ3) is 2.59. The summed E-state index contributed by atoms with van der Waals surface area (Å²) in [5.74, 6) is -1.06. The molecular formula is C14H19N3O4. The topological polar surface area (TPSA) is 84.7 Å². The van der Waals surface area contributed by atoms with Crippen molar-refractivity contribution in [2.75, 3.05) is 0 Å². The highest BCUT2D eigenvalue weighted by Crippen LogP contribution is 2.39. The maximum atomic E-state index is 12.2. The van der Waals surface area contributed by atoms with Gasteiger partial charge in [-0.3, -0.25) is 9.58 Å². The summed E-state index contributed by atoms with van der Waals surface area (Å²) in [6.45, 7) is 5.44. The summed E-state index contributed by atoms with van der Waals surface area (Å²) in [5, 5.41) is 13.9. The highest BCUT2D eigenvalue weighted by Gasteiger charge is 2.43. The van der Waals surface area contributed by atoms with Crippen molar-refractivity contribution in [1.82, 2.24) is 14.7 Å². The number of fused-ring (bicyclic) bond motifs is 1. The van der Waals surface area contributed by atoms with Crippen LogP contribution in [-0.4, -0.2) is 37.5 Å². The number of carboxylic acids is 1. The normalized spacial score (nSPS) is 21.3. The van der Waals surface area contributed by atoms with Crippen LogP contribution in [0.1, 0.15) is 57.0 Å². The molecule has 0 aromatic carbocycles. The van der Waals surface area contributed by atoms with Gasteiger partial charge in [0, 0.05) is 11.8 Å². The standard InChI is InChI=1S/C14H19N3O4/c1-14(2,3)21-13(20)16-7-10-9(11(16)12(18)19)6-17(15-10)8-4-5-8/h6,8,11H,4-5,7H2,1-3H3,(H,18,19). The second-order valence-electron chi connectivity index (χ2n) is 6.59. The third-order valence-electron chi connectivity index (χ3n) is 3.55. The van der Waals surface area contributed by atoms with Gasteiger partial charge in [-0.1, -0.05) is 0 Å². The number of hydrogen-bond donors (Lipinski definition) is 1. The van der Waals surface area contributed by atoms with Gasteiger partial charge in [0.25, 0.3) is 0 Å². The number of carboxylic acid groups (broad SMARTS) is 1. The molecule has 1 aliphatic heterocycles. The fourth-order valence-electron chi connectivity index (χ4n) is 2.50. The summed E-state index contributed by atoms with van der Waals surface area (Å²) in [6.07, 6.45) is 3.30. The van der Waals surface area contributed by atoms with Crippen molar-refractivity contribution < 1.29 is 19.4 Å². The molecule has 0 spiro atoms. The Morgan fingerprint density at radius 2 is 2.05 bits per heavy atom. The van der Waals surface area contributed by atoms with Crippen LogP contribution in [0.2, 0.25) is 0 Å². The summed E-state index contributed by atoms with van der Waals surface area (Å²) < 4.78 is 7.11. The molecular weight excluding hydrogens is 274 g/mol. The van der Waals surface area contributed by atoms with Crippen molar-refractivity contribution >= 4 is 12.1 Å². The lowest BCUT2D eigenvalue weighted by molar-refractivity contribution is -0.143. The Hall–Kier alpha value is -2.05. The molecule has 7 heteroatoms. The van der Waals surface area contributed by atoms with E-state index in [0.717, 1.165) is 12.8 Å². The Labute approximate surface area is 122 Å². The molecule has 114 valence electrons. The fourth-order valence-corrected chi connectivity index (χ4v) is 2.50. The first-order valence-electron chi connectivity index (χ1n) is 7.06. The van der Waals surface area contributed by atoms with E-state index in [-0.39, 0.29) is 6.54 Å². The van der Waals surface area contributed by atoms with Gasteiger partial charge in [-0.15, -0.1) is 0 Å². The van der Waals surface area contributed by atoms with Crippen LogP contribution in [-0.2, 0) is 16.1 Å². The predicted molar refractivity (Wildman–Crippen MR) is 72.7 cm³/mol. The van der Waals surface area contributed by atoms with E-state index in [2.05, 4.69) is 5.10 Å². The minimum Gasteiger partial charge on any atom is -0.479 e. The van der Waals surface area contributed by atoms with Crippen LogP contribution in [0.4, 0.5) is 4.79 Å². The Morgan fingerprint density at radius 1 is 1.38 bits per heavy atom. The Bertz CT molecular complexity index is 598. The van der Waals surface area contributed by atoms with Gasteiger partial charge in [0.2, 0.25) is 0 Å². The molecule has 0 saturated heterocycles. The first-order valence-corrected chi connectivity index (χ1v) is 7.06. The zero-order valence-electron chi connectivity index (χ0n) is 12.4. The van der Waals surface area contributed by atoms with Gasteiger partial charge >= 0.3 is 12.1 Å². The summed E-state index contributed by atoms with van der Waals surface area (Å²) >= 11 is 0. The molecule has 1 aliphatic carbocycles. The van der Waals surface area contributed by atoms with Crippen molar-refractivity contribution in [2.45, 2.75) is 57.8 Å². The number of carbonyl (C=O) groups is 2. The molecule has 0 radical (unpaired) electrons. The number of aliphatic carboxylic acids is 1. The third-order valence-corrected chi connectivity index (χ3v) is 3.55. The van der Waals surface area contributed by atoms with Gasteiger partial charge in [0.1, 0.15) is 5.60 Å². The van der Waals surface area contributed by atoms with Gasteiger partial charge in [0.15, 0.2) is 6.04 Å². The van der Waals surface area contributed by atoms with Crippen molar-refractivity contribution in [3.8, 4) is 0 Å². The Kier molecular flexibility index (Phi) is 2.96. The summed E-state index contributed by atoms with van der Waals surface area (Å²) in [6, 6.07) is -0.623. The summed E-state index contributed by atoms with van der Waals surface area (Å²) in [7, 11) is 0. The van der Waals surface area contributed by atoms with Crippen LogP contribution >= 0.6 is 0 Å². The highest BCUT2D eigenvalue weighted by atomic mass is 16.6. The van der Waals surface area contributed by atoms with E-state index in [1.54, 1.807) is 27.0 Å². The van der Waals surface area contributed by atoms with Gasteiger partial charge in [0.05, 0.1) is 18.3 Å². The Balaban J connectivity index is 1.85. The number of hydrogen-bond acceptors (Lipinski definition) is 4. The lowest BCUT2D eigenvalue weighted by Gasteiger charge is -2.27. The van der Waals surface area contributed by atoms with E-state index in [9.17, 15) is 14.7 Å². The number of aromatic nitrogens is 2. The van der Waals surface area contributed by atoms with E-state index in [1.807, 2.05) is 4.68 Å². The van der Waals surface area contributed by atoms with E-state index in [0.29, 0.717) is 17.3 Å². The quantitative estimate of drug-likeness (QED) is 0.902. The molecule has 1 fully saturated rings. The molecule has 7 nitrogen and oxygen atoms in total. The Morgan fingerprint density at radius 3 is 2.57 bits per heavy atom. The first kappa shape index (κ1) is 13.9. The van der Waals surface area contributed by atoms with Crippen molar-refractivity contribution in [3.05, 3.63) is 17.5 Å². The highest BCUT2D eigenvalue weighted by molar-refractivity contribution is 5.83. The maximum absolute atomic E-state index is 12.2. The average Bonchev–Trinajstić information content (AvgIpc) is 2.98.